The molecule has 1 fully saturated rings. The van der Waals surface area contributed by atoms with Gasteiger partial charge in [-0.2, -0.15) is 15.5 Å². The molecule has 1 atom stereocenters. The first-order chi connectivity index (χ1) is 18.4. The van der Waals surface area contributed by atoms with E-state index in [0.717, 1.165) is 35.9 Å². The lowest BCUT2D eigenvalue weighted by molar-refractivity contribution is -0.127. The molecule has 5 rings (SSSR count). The van der Waals surface area contributed by atoms with Crippen molar-refractivity contribution in [3.8, 4) is 22.9 Å². The van der Waals surface area contributed by atoms with Gasteiger partial charge in [0.05, 0.1) is 36.9 Å². The number of pyridine rings is 2. The second-order valence-electron chi connectivity index (χ2n) is 9.10. The van der Waals surface area contributed by atoms with Crippen molar-refractivity contribution in [2.75, 3.05) is 19.7 Å². The van der Waals surface area contributed by atoms with Crippen LogP contribution in [0.25, 0.3) is 16.6 Å². The van der Waals surface area contributed by atoms with Crippen LogP contribution in [-0.4, -0.2) is 60.0 Å². The second-order valence-corrected chi connectivity index (χ2v) is 9.10. The number of aliphatic hydroxyl groups excluding tert-OH is 1. The summed E-state index contributed by atoms with van der Waals surface area (Å²) in [5.74, 6) is -0.233. The number of halogens is 1. The first-order valence-electron chi connectivity index (χ1n) is 12.2. The van der Waals surface area contributed by atoms with Crippen LogP contribution in [-0.2, 0) is 4.79 Å². The fourth-order valence-electron chi connectivity index (χ4n) is 4.86. The van der Waals surface area contributed by atoms with Crippen molar-refractivity contribution < 1.29 is 19.0 Å². The standard InChI is InChI=1S/C27H26FN7O3/c1-3-26(37)33-8-6-21(7-9-33)35-17(2)22(14-32-35)18-10-24(27-19(11-29)12-31-34(27)15-18)38-25(16-36)23-5-4-20(28)13-30-23/h3-5,10,12-15,21,25,36H,1,6-9,16H2,2H3. The summed E-state index contributed by atoms with van der Waals surface area (Å²) in [5.41, 5.74) is 3.66. The molecule has 0 spiro atoms. The number of aliphatic hydroxyl groups is 1. The quantitative estimate of drug-likeness (QED) is 0.375. The summed E-state index contributed by atoms with van der Waals surface area (Å²) in [5, 5.41) is 28.6. The van der Waals surface area contributed by atoms with Gasteiger partial charge in [0.2, 0.25) is 5.91 Å². The van der Waals surface area contributed by atoms with Gasteiger partial charge in [-0.1, -0.05) is 6.58 Å². The van der Waals surface area contributed by atoms with Crippen LogP contribution in [0.15, 0.2) is 55.6 Å². The normalized spacial score (nSPS) is 14.8. The molecular formula is C27H26FN7O3. The van der Waals surface area contributed by atoms with Crippen molar-refractivity contribution in [3.63, 3.8) is 0 Å². The van der Waals surface area contributed by atoms with Gasteiger partial charge in [-0.25, -0.2) is 8.91 Å². The summed E-state index contributed by atoms with van der Waals surface area (Å²) in [6, 6.07) is 6.74. The second kappa shape index (κ2) is 10.4. The molecule has 4 aromatic heterocycles. The van der Waals surface area contributed by atoms with Crippen LogP contribution in [0.1, 0.15) is 41.9 Å². The smallest absolute Gasteiger partial charge is 0.245 e. The van der Waals surface area contributed by atoms with E-state index >= 15 is 0 Å². The molecule has 1 unspecified atom stereocenters. The highest BCUT2D eigenvalue weighted by atomic mass is 19.1. The van der Waals surface area contributed by atoms with Crippen LogP contribution < -0.4 is 4.74 Å². The number of carbonyl (C=O) groups is 1. The molecule has 11 heteroatoms. The summed E-state index contributed by atoms with van der Waals surface area (Å²) in [6.07, 6.45) is 8.10. The predicted octanol–water partition coefficient (Wildman–Crippen LogP) is 3.37. The number of nitriles is 1. The molecule has 1 aliphatic rings. The van der Waals surface area contributed by atoms with E-state index in [2.05, 4.69) is 27.8 Å². The summed E-state index contributed by atoms with van der Waals surface area (Å²) in [6.45, 7) is 6.42. The van der Waals surface area contributed by atoms with Crippen LogP contribution in [0.2, 0.25) is 0 Å². The van der Waals surface area contributed by atoms with Gasteiger partial charge in [0.25, 0.3) is 0 Å². The average Bonchev–Trinajstić information content (AvgIpc) is 3.55. The zero-order valence-corrected chi connectivity index (χ0v) is 20.8. The minimum Gasteiger partial charge on any atom is -0.479 e. The van der Waals surface area contributed by atoms with E-state index in [0.29, 0.717) is 35.6 Å². The van der Waals surface area contributed by atoms with E-state index in [1.54, 1.807) is 27.9 Å². The Hall–Kier alpha value is -4.56. The van der Waals surface area contributed by atoms with Crippen LogP contribution in [0.3, 0.4) is 0 Å². The van der Waals surface area contributed by atoms with Gasteiger partial charge in [-0.05, 0) is 44.0 Å². The summed E-state index contributed by atoms with van der Waals surface area (Å²) < 4.78 is 23.1. The number of fused-ring (bicyclic) bond motifs is 1. The largest absolute Gasteiger partial charge is 0.479 e. The van der Waals surface area contributed by atoms with Gasteiger partial charge in [-0.3, -0.25) is 14.5 Å². The number of ether oxygens (including phenoxy) is 1. The molecule has 0 aromatic carbocycles. The van der Waals surface area contributed by atoms with Gasteiger partial charge in [-0.15, -0.1) is 0 Å². The van der Waals surface area contributed by atoms with E-state index in [9.17, 15) is 19.6 Å². The number of piperidine rings is 1. The van der Waals surface area contributed by atoms with Crippen LogP contribution in [0, 0.1) is 24.1 Å². The molecule has 10 nitrogen and oxygen atoms in total. The van der Waals surface area contributed by atoms with Crippen molar-refractivity contribution in [3.05, 3.63) is 78.4 Å². The highest BCUT2D eigenvalue weighted by Crippen LogP contribution is 2.35. The Balaban J connectivity index is 1.49. The van der Waals surface area contributed by atoms with Gasteiger partial charge in [0.1, 0.15) is 28.7 Å². The van der Waals surface area contributed by atoms with Crippen LogP contribution >= 0.6 is 0 Å². The number of hydrogen-bond donors (Lipinski definition) is 1. The Morgan fingerprint density at radius 2 is 2.11 bits per heavy atom. The SMILES string of the molecule is C=CC(=O)N1CCC(n2ncc(-c3cc(OC(CO)c4ccc(F)cn4)c4c(C#N)cnn4c3)c2C)CC1. The predicted molar refractivity (Wildman–Crippen MR) is 136 cm³/mol. The Bertz CT molecular complexity index is 1530. The lowest BCUT2D eigenvalue weighted by Gasteiger charge is -2.32. The summed E-state index contributed by atoms with van der Waals surface area (Å²) >= 11 is 0. The Morgan fingerprint density at radius 1 is 1.32 bits per heavy atom. The monoisotopic (exact) mass is 515 g/mol. The van der Waals surface area contributed by atoms with E-state index in [1.165, 1.54) is 24.4 Å². The van der Waals surface area contributed by atoms with Gasteiger partial charge < -0.3 is 14.7 Å². The van der Waals surface area contributed by atoms with E-state index < -0.39 is 18.5 Å². The maximum Gasteiger partial charge on any atom is 0.245 e. The molecule has 0 radical (unpaired) electrons. The molecule has 0 bridgehead atoms. The lowest BCUT2D eigenvalue weighted by Crippen LogP contribution is -2.38. The molecular weight excluding hydrogens is 489 g/mol. The molecule has 1 aliphatic heterocycles. The minimum atomic E-state index is -0.886. The van der Waals surface area contributed by atoms with Gasteiger partial charge >= 0.3 is 0 Å². The van der Waals surface area contributed by atoms with E-state index in [1.807, 2.05) is 11.6 Å². The van der Waals surface area contributed by atoms with E-state index in [4.69, 9.17) is 4.74 Å². The third-order valence-electron chi connectivity index (χ3n) is 6.86. The van der Waals surface area contributed by atoms with Gasteiger partial charge in [0, 0.05) is 36.1 Å². The maximum absolute atomic E-state index is 13.4. The summed E-state index contributed by atoms with van der Waals surface area (Å²) in [4.78, 5) is 17.8. The number of rotatable bonds is 7. The van der Waals surface area contributed by atoms with Crippen LogP contribution in [0.5, 0.6) is 5.75 Å². The number of aromatic nitrogens is 5. The Kier molecular flexibility index (Phi) is 6.89. The first-order valence-corrected chi connectivity index (χ1v) is 12.2. The van der Waals surface area contributed by atoms with Crippen molar-refractivity contribution in [1.82, 2.24) is 29.3 Å². The first kappa shape index (κ1) is 25.1. The minimum absolute atomic E-state index is 0.0601. The van der Waals surface area contributed by atoms with Crippen molar-refractivity contribution in [2.45, 2.75) is 31.9 Å². The molecule has 194 valence electrons. The Morgan fingerprint density at radius 3 is 2.76 bits per heavy atom. The van der Waals surface area contributed by atoms with E-state index in [-0.39, 0.29) is 11.9 Å². The fourth-order valence-corrected chi connectivity index (χ4v) is 4.86. The maximum atomic E-state index is 13.4. The van der Waals surface area contributed by atoms with Crippen LogP contribution in [0.4, 0.5) is 4.39 Å². The third kappa shape index (κ3) is 4.62. The zero-order valence-electron chi connectivity index (χ0n) is 20.8. The molecule has 4 aromatic rings. The van der Waals surface area contributed by atoms with Crippen molar-refractivity contribution in [1.29, 1.82) is 5.26 Å². The molecule has 38 heavy (non-hydrogen) atoms. The highest BCUT2D eigenvalue weighted by molar-refractivity contribution is 5.87. The zero-order chi connectivity index (χ0) is 26.8. The molecule has 1 N–H and O–H groups in total. The molecule has 1 amide bonds. The Labute approximate surface area is 218 Å². The molecule has 0 aliphatic carbocycles. The topological polar surface area (TPSA) is 122 Å². The summed E-state index contributed by atoms with van der Waals surface area (Å²) in [7, 11) is 0. The molecule has 1 saturated heterocycles. The average molecular weight is 516 g/mol. The van der Waals surface area contributed by atoms with Crippen molar-refractivity contribution >= 4 is 11.4 Å². The van der Waals surface area contributed by atoms with Gasteiger partial charge in [0.15, 0.2) is 6.10 Å². The lowest BCUT2D eigenvalue weighted by atomic mass is 10.0. The molecule has 5 heterocycles. The van der Waals surface area contributed by atoms with Crippen molar-refractivity contribution in [2.24, 2.45) is 0 Å². The number of hydrogen-bond acceptors (Lipinski definition) is 7. The number of nitrogens with zero attached hydrogens (tertiary/aromatic N) is 7. The number of amides is 1. The molecule has 0 saturated carbocycles. The number of likely N-dealkylation sites (tertiary alicyclic amines) is 1. The third-order valence-corrected chi connectivity index (χ3v) is 6.86. The fraction of sp³-hybridized carbons (Fsp3) is 0.296. The highest BCUT2D eigenvalue weighted by Gasteiger charge is 2.26. The number of carbonyl (C=O) groups excluding carboxylic acids is 1.